The van der Waals surface area contributed by atoms with Crippen molar-refractivity contribution in [2.24, 2.45) is 0 Å². The minimum absolute atomic E-state index is 0.0385. The number of rotatable bonds is 3. The van der Waals surface area contributed by atoms with Crippen LogP contribution in [0.1, 0.15) is 12.8 Å². The zero-order valence-corrected chi connectivity index (χ0v) is 13.5. The van der Waals surface area contributed by atoms with E-state index in [1.807, 2.05) is 28.8 Å². The maximum absolute atomic E-state index is 11.1. The van der Waals surface area contributed by atoms with Crippen molar-refractivity contribution in [3.8, 4) is 11.4 Å². The summed E-state index contributed by atoms with van der Waals surface area (Å²) >= 11 is 0. The van der Waals surface area contributed by atoms with Crippen LogP contribution in [0, 0.1) is 0 Å². The van der Waals surface area contributed by atoms with Gasteiger partial charge in [-0.1, -0.05) is 6.07 Å². The fraction of sp³-hybridized carbons (Fsp3) is 0.294. The van der Waals surface area contributed by atoms with E-state index in [-0.39, 0.29) is 6.04 Å². The number of nitrogens with one attached hydrogen (secondary N) is 1. The number of carboxylic acid groups (broad SMARTS) is 1. The molecule has 1 atom stereocenters. The molecule has 8 nitrogen and oxygen atoms in total. The van der Waals surface area contributed by atoms with Gasteiger partial charge in [0.1, 0.15) is 17.2 Å². The fourth-order valence-electron chi connectivity index (χ4n) is 3.16. The Labute approximate surface area is 144 Å². The molecule has 2 N–H and O–H groups in total. The minimum atomic E-state index is -0.878. The molecular weight excluding hydrogens is 320 g/mol. The van der Waals surface area contributed by atoms with Gasteiger partial charge < -0.3 is 15.3 Å². The molecule has 3 aromatic heterocycles. The Balaban J connectivity index is 1.56. The van der Waals surface area contributed by atoms with E-state index in [0.29, 0.717) is 18.9 Å². The van der Waals surface area contributed by atoms with Gasteiger partial charge in [-0.3, -0.25) is 9.38 Å². The third kappa shape index (κ3) is 3.10. The highest BCUT2D eigenvalue weighted by Crippen LogP contribution is 2.20. The van der Waals surface area contributed by atoms with Crippen LogP contribution in [0.4, 0.5) is 10.6 Å². The van der Waals surface area contributed by atoms with Gasteiger partial charge in [-0.2, -0.15) is 0 Å². The van der Waals surface area contributed by atoms with E-state index in [2.05, 4.69) is 20.3 Å². The molecule has 0 bridgehead atoms. The van der Waals surface area contributed by atoms with Crippen molar-refractivity contribution in [2.75, 3.05) is 18.4 Å². The van der Waals surface area contributed by atoms with Crippen LogP contribution in [0.15, 0.2) is 43.0 Å². The molecule has 4 heterocycles. The van der Waals surface area contributed by atoms with E-state index in [0.717, 1.165) is 29.9 Å². The quantitative estimate of drug-likeness (QED) is 0.761. The number of hydrogen-bond acceptors (Lipinski definition) is 5. The smallest absolute Gasteiger partial charge is 0.407 e. The van der Waals surface area contributed by atoms with E-state index in [1.165, 1.54) is 4.90 Å². The van der Waals surface area contributed by atoms with Gasteiger partial charge in [0, 0.05) is 25.3 Å². The van der Waals surface area contributed by atoms with E-state index in [9.17, 15) is 4.79 Å². The Morgan fingerprint density at radius 2 is 2.20 bits per heavy atom. The summed E-state index contributed by atoms with van der Waals surface area (Å²) in [6, 6.07) is 5.85. The molecule has 0 saturated carbocycles. The molecule has 4 rings (SSSR count). The van der Waals surface area contributed by atoms with Gasteiger partial charge >= 0.3 is 6.09 Å². The number of aromatic nitrogens is 4. The molecule has 1 fully saturated rings. The number of anilines is 1. The number of pyridine rings is 1. The van der Waals surface area contributed by atoms with Crippen LogP contribution >= 0.6 is 0 Å². The lowest BCUT2D eigenvalue weighted by Gasteiger charge is -2.31. The summed E-state index contributed by atoms with van der Waals surface area (Å²) in [5.41, 5.74) is 2.43. The van der Waals surface area contributed by atoms with Crippen LogP contribution in [-0.4, -0.2) is 54.6 Å². The van der Waals surface area contributed by atoms with Crippen LogP contribution in [0.3, 0.4) is 0 Å². The van der Waals surface area contributed by atoms with Crippen LogP contribution in [0.25, 0.3) is 17.0 Å². The molecule has 25 heavy (non-hydrogen) atoms. The summed E-state index contributed by atoms with van der Waals surface area (Å²) in [6.07, 6.45) is 7.94. The molecule has 0 aromatic carbocycles. The Morgan fingerprint density at radius 3 is 3.08 bits per heavy atom. The molecule has 0 radical (unpaired) electrons. The Hall–Kier alpha value is -3.16. The molecule has 0 spiro atoms. The van der Waals surface area contributed by atoms with Crippen molar-refractivity contribution < 1.29 is 9.90 Å². The molecule has 3 aromatic rings. The number of carbonyl (C=O) groups is 1. The highest BCUT2D eigenvalue weighted by molar-refractivity contribution is 5.65. The topological polar surface area (TPSA) is 95.7 Å². The number of imidazole rings is 1. The Bertz CT molecular complexity index is 909. The molecular formula is C17H18N6O2. The monoisotopic (exact) mass is 338 g/mol. The number of hydrogen-bond donors (Lipinski definition) is 2. The van der Waals surface area contributed by atoms with Crippen molar-refractivity contribution in [2.45, 2.75) is 18.9 Å². The van der Waals surface area contributed by atoms with Crippen molar-refractivity contribution in [1.29, 1.82) is 0 Å². The normalized spacial score (nSPS) is 17.6. The number of fused-ring (bicyclic) bond motifs is 1. The van der Waals surface area contributed by atoms with Gasteiger partial charge in [-0.15, -0.1) is 0 Å². The molecule has 8 heteroatoms. The zero-order chi connectivity index (χ0) is 17.2. The van der Waals surface area contributed by atoms with Gasteiger partial charge in [0.05, 0.1) is 24.3 Å². The van der Waals surface area contributed by atoms with Crippen molar-refractivity contribution >= 4 is 17.6 Å². The molecule has 128 valence electrons. The largest absolute Gasteiger partial charge is 0.465 e. The average Bonchev–Trinajstić information content (AvgIpc) is 3.06. The van der Waals surface area contributed by atoms with Crippen LogP contribution < -0.4 is 5.32 Å². The first kappa shape index (κ1) is 15.4. The summed E-state index contributed by atoms with van der Waals surface area (Å²) in [5.74, 6) is 0.639. The van der Waals surface area contributed by atoms with Gasteiger partial charge in [-0.05, 0) is 25.0 Å². The first-order valence-corrected chi connectivity index (χ1v) is 8.19. The summed E-state index contributed by atoms with van der Waals surface area (Å²) < 4.78 is 1.96. The maximum Gasteiger partial charge on any atom is 0.407 e. The molecule has 1 amide bonds. The van der Waals surface area contributed by atoms with Gasteiger partial charge in [0.15, 0.2) is 0 Å². The minimum Gasteiger partial charge on any atom is -0.465 e. The molecule has 0 aliphatic carbocycles. The second-order valence-corrected chi connectivity index (χ2v) is 6.07. The zero-order valence-electron chi connectivity index (χ0n) is 13.5. The van der Waals surface area contributed by atoms with E-state index in [1.54, 1.807) is 18.6 Å². The van der Waals surface area contributed by atoms with Gasteiger partial charge in [0.2, 0.25) is 0 Å². The van der Waals surface area contributed by atoms with Crippen molar-refractivity contribution in [3.63, 3.8) is 0 Å². The van der Waals surface area contributed by atoms with E-state index >= 15 is 0 Å². The van der Waals surface area contributed by atoms with E-state index in [4.69, 9.17) is 5.11 Å². The molecule has 0 unspecified atom stereocenters. The first-order valence-electron chi connectivity index (χ1n) is 8.19. The SMILES string of the molecule is O=C(O)N1CCC[C@H](Nc2cncc(-c3cnc4ccccn34)n2)C1. The lowest BCUT2D eigenvalue weighted by molar-refractivity contribution is 0.133. The maximum atomic E-state index is 11.1. The third-order valence-corrected chi connectivity index (χ3v) is 4.36. The number of amides is 1. The first-order chi connectivity index (χ1) is 12.2. The summed E-state index contributed by atoms with van der Waals surface area (Å²) in [4.78, 5) is 25.9. The highest BCUT2D eigenvalue weighted by Gasteiger charge is 2.23. The lowest BCUT2D eigenvalue weighted by atomic mass is 10.1. The fourth-order valence-corrected chi connectivity index (χ4v) is 3.16. The van der Waals surface area contributed by atoms with Crippen LogP contribution in [-0.2, 0) is 0 Å². The summed E-state index contributed by atoms with van der Waals surface area (Å²) in [6.45, 7) is 1.04. The van der Waals surface area contributed by atoms with Crippen molar-refractivity contribution in [3.05, 3.63) is 43.0 Å². The number of piperidine rings is 1. The molecule has 1 aliphatic heterocycles. The Morgan fingerprint density at radius 1 is 1.28 bits per heavy atom. The predicted octanol–water partition coefficient (Wildman–Crippen LogP) is 2.35. The third-order valence-electron chi connectivity index (χ3n) is 4.36. The van der Waals surface area contributed by atoms with Gasteiger partial charge in [0.25, 0.3) is 0 Å². The number of likely N-dealkylation sites (tertiary alicyclic amines) is 1. The molecule has 1 saturated heterocycles. The van der Waals surface area contributed by atoms with Crippen molar-refractivity contribution in [1.82, 2.24) is 24.3 Å². The van der Waals surface area contributed by atoms with E-state index < -0.39 is 6.09 Å². The lowest BCUT2D eigenvalue weighted by Crippen LogP contribution is -2.44. The summed E-state index contributed by atoms with van der Waals surface area (Å²) in [5, 5.41) is 12.5. The molecule has 1 aliphatic rings. The van der Waals surface area contributed by atoms with Crippen LogP contribution in [0.2, 0.25) is 0 Å². The highest BCUT2D eigenvalue weighted by atomic mass is 16.4. The predicted molar refractivity (Wildman–Crippen MR) is 92.5 cm³/mol. The number of nitrogens with zero attached hydrogens (tertiary/aromatic N) is 5. The second-order valence-electron chi connectivity index (χ2n) is 6.07. The Kier molecular flexibility index (Phi) is 3.93. The van der Waals surface area contributed by atoms with Gasteiger partial charge in [-0.25, -0.2) is 14.8 Å². The second kappa shape index (κ2) is 6.39. The summed E-state index contributed by atoms with van der Waals surface area (Å²) in [7, 11) is 0. The standard InChI is InChI=1S/C17H18N6O2/c24-17(25)22-6-3-4-12(11-22)20-15-10-18-8-13(21-15)14-9-19-16-5-1-2-7-23(14)16/h1-2,5,7-10,12H,3-4,6,11H2,(H,20,21)(H,24,25)/t12-/m0/s1. The average molecular weight is 338 g/mol. The van der Waals surface area contributed by atoms with Crippen LogP contribution in [0.5, 0.6) is 0 Å².